The fraction of sp³-hybridized carbons (Fsp3) is 0.0667. The summed E-state index contributed by atoms with van der Waals surface area (Å²) in [6.45, 7) is -0.650. The maximum absolute atomic E-state index is 13.6. The van der Waals surface area contributed by atoms with E-state index in [0.717, 1.165) is 17.4 Å². The lowest BCUT2D eigenvalue weighted by Crippen LogP contribution is -2.20. The molecule has 0 aliphatic carbocycles. The number of carbonyl (C=O) groups is 2. The summed E-state index contributed by atoms with van der Waals surface area (Å²) in [4.78, 5) is 30.9. The minimum atomic E-state index is -1.65. The normalized spacial score (nSPS) is 10.8. The van der Waals surface area contributed by atoms with E-state index >= 15 is 0 Å². The van der Waals surface area contributed by atoms with Crippen LogP contribution in [0.25, 0.3) is 10.2 Å². The number of aromatic nitrogens is 2. The molecule has 6 nitrogen and oxygen atoms in total. The molecule has 0 saturated carbocycles. The molecule has 0 aliphatic rings. The van der Waals surface area contributed by atoms with Crippen molar-refractivity contribution < 1.29 is 27.5 Å². The largest absolute Gasteiger partial charge is 0.452 e. The molecule has 2 aromatic heterocycles. The first-order chi connectivity index (χ1) is 12.3. The minimum Gasteiger partial charge on any atom is -0.452 e. The van der Waals surface area contributed by atoms with Crippen LogP contribution < -0.4 is 5.32 Å². The summed E-state index contributed by atoms with van der Waals surface area (Å²) in [7, 11) is 0. The van der Waals surface area contributed by atoms with Crippen LogP contribution in [0.1, 0.15) is 10.4 Å². The fourth-order valence-electron chi connectivity index (χ4n) is 1.89. The van der Waals surface area contributed by atoms with Crippen molar-refractivity contribution in [3.63, 3.8) is 0 Å². The fourth-order valence-corrected chi connectivity index (χ4v) is 2.91. The molecule has 0 atom stereocenters. The maximum Gasteiger partial charge on any atom is 0.340 e. The van der Waals surface area contributed by atoms with Crippen LogP contribution in [0.5, 0.6) is 0 Å². The molecule has 26 heavy (non-hydrogen) atoms. The van der Waals surface area contributed by atoms with Gasteiger partial charge in [-0.05, 0) is 18.2 Å². The van der Waals surface area contributed by atoms with Crippen molar-refractivity contribution in [1.82, 2.24) is 9.97 Å². The highest BCUT2D eigenvalue weighted by molar-refractivity contribution is 7.22. The second kappa shape index (κ2) is 7.26. The summed E-state index contributed by atoms with van der Waals surface area (Å²) in [6, 6.07) is 3.52. The van der Waals surface area contributed by atoms with E-state index in [0.29, 0.717) is 0 Å². The van der Waals surface area contributed by atoms with Crippen molar-refractivity contribution in [1.29, 1.82) is 0 Å². The summed E-state index contributed by atoms with van der Waals surface area (Å²) in [6.07, 6.45) is 1.18. The quantitative estimate of drug-likeness (QED) is 0.411. The molecule has 0 unspecified atom stereocenters. The number of pyridine rings is 1. The Kier molecular flexibility index (Phi) is 5.05. The van der Waals surface area contributed by atoms with E-state index in [1.54, 1.807) is 0 Å². The van der Waals surface area contributed by atoms with Crippen LogP contribution in [-0.4, -0.2) is 28.5 Å². The number of fused-ring (bicyclic) bond motifs is 1. The van der Waals surface area contributed by atoms with Crippen LogP contribution in [0.4, 0.5) is 18.3 Å². The number of hydrogen-bond donors (Lipinski definition) is 1. The molecule has 0 aliphatic heterocycles. The average Bonchev–Trinajstić information content (AvgIpc) is 3.00. The number of anilines is 1. The van der Waals surface area contributed by atoms with Crippen LogP contribution in [0, 0.1) is 17.5 Å². The number of nitrogens with one attached hydrogen (secondary N) is 1. The predicted octanol–water partition coefficient (Wildman–Crippen LogP) is 3.56. The first-order valence-corrected chi connectivity index (χ1v) is 8.07. The molecule has 3 rings (SSSR count). The van der Waals surface area contributed by atoms with Gasteiger partial charge in [-0.2, -0.15) is 0 Å². The Morgan fingerprint density at radius 3 is 2.69 bits per heavy atom. The topological polar surface area (TPSA) is 81.2 Å². The van der Waals surface area contributed by atoms with Gasteiger partial charge in [-0.25, -0.2) is 27.9 Å². The van der Waals surface area contributed by atoms with Crippen LogP contribution >= 0.6 is 22.9 Å². The number of ether oxygens (including phenoxy) is 1. The highest BCUT2D eigenvalue weighted by Gasteiger charge is 2.18. The molecule has 0 bridgehead atoms. The van der Waals surface area contributed by atoms with E-state index in [1.807, 2.05) is 0 Å². The third kappa shape index (κ3) is 3.75. The van der Waals surface area contributed by atoms with Gasteiger partial charge in [0.25, 0.3) is 5.91 Å². The zero-order valence-electron chi connectivity index (χ0n) is 12.6. The zero-order valence-corrected chi connectivity index (χ0v) is 14.1. The van der Waals surface area contributed by atoms with Crippen molar-refractivity contribution in [2.45, 2.75) is 0 Å². The first-order valence-electron chi connectivity index (χ1n) is 6.87. The number of nitrogens with zero attached hydrogens (tertiary/aromatic N) is 2. The number of thiazole rings is 1. The molecule has 1 N–H and O–H groups in total. The van der Waals surface area contributed by atoms with Gasteiger partial charge in [0.15, 0.2) is 29.2 Å². The summed E-state index contributed by atoms with van der Waals surface area (Å²) >= 11 is 6.33. The van der Waals surface area contributed by atoms with Gasteiger partial charge in [0.1, 0.15) is 10.7 Å². The van der Waals surface area contributed by atoms with Gasteiger partial charge < -0.3 is 4.74 Å². The Morgan fingerprint density at radius 2 is 2.00 bits per heavy atom. The van der Waals surface area contributed by atoms with E-state index in [4.69, 9.17) is 16.3 Å². The molecule has 3 aromatic rings. The van der Waals surface area contributed by atoms with Gasteiger partial charge in [0, 0.05) is 6.20 Å². The number of amides is 1. The second-order valence-corrected chi connectivity index (χ2v) is 6.26. The third-order valence-corrected chi connectivity index (χ3v) is 4.21. The Balaban J connectivity index is 1.65. The molecule has 1 aromatic carbocycles. The maximum atomic E-state index is 13.6. The minimum absolute atomic E-state index is 0.0148. The Hall–Kier alpha value is -2.72. The molecule has 0 fully saturated rings. The van der Waals surface area contributed by atoms with Crippen LogP contribution in [0.3, 0.4) is 0 Å². The summed E-state index contributed by atoms with van der Waals surface area (Å²) in [5.41, 5.74) is -0.316. The Labute approximate surface area is 152 Å². The molecule has 1 amide bonds. The van der Waals surface area contributed by atoms with Crippen molar-refractivity contribution >= 4 is 50.2 Å². The Bertz CT molecular complexity index is 1010. The summed E-state index contributed by atoms with van der Waals surface area (Å²) in [5.74, 6) is -6.02. The van der Waals surface area contributed by atoms with Gasteiger partial charge >= 0.3 is 5.97 Å². The van der Waals surface area contributed by atoms with E-state index in [2.05, 4.69) is 15.3 Å². The summed E-state index contributed by atoms with van der Waals surface area (Å²) in [5, 5.41) is 2.35. The number of hydrogen-bond acceptors (Lipinski definition) is 6. The molecular formula is C15H7ClF3N3O3S. The first kappa shape index (κ1) is 18.1. The van der Waals surface area contributed by atoms with E-state index in [1.165, 1.54) is 18.3 Å². The second-order valence-electron chi connectivity index (χ2n) is 4.85. The highest BCUT2D eigenvalue weighted by Crippen LogP contribution is 2.30. The lowest BCUT2D eigenvalue weighted by Gasteiger charge is -2.04. The van der Waals surface area contributed by atoms with Crippen molar-refractivity contribution in [2.75, 3.05) is 11.9 Å². The monoisotopic (exact) mass is 401 g/mol. The van der Waals surface area contributed by atoms with Gasteiger partial charge in [0.2, 0.25) is 0 Å². The molecule has 0 radical (unpaired) electrons. The van der Waals surface area contributed by atoms with Crippen LogP contribution in [-0.2, 0) is 9.53 Å². The zero-order chi connectivity index (χ0) is 18.8. The third-order valence-electron chi connectivity index (χ3n) is 3.07. The Morgan fingerprint density at radius 1 is 1.23 bits per heavy atom. The van der Waals surface area contributed by atoms with E-state index in [9.17, 15) is 22.8 Å². The summed E-state index contributed by atoms with van der Waals surface area (Å²) < 4.78 is 44.8. The standard InChI is InChI=1S/C15H7ClF3N3O3S/c16-9-2-1-6(4-20-9)14(24)25-5-10(23)21-15-22-13-8(26-15)3-7(17)11(18)12(13)19/h1-4H,5H2,(H,21,22,23). The number of benzene rings is 1. The predicted molar refractivity (Wildman–Crippen MR) is 87.7 cm³/mol. The van der Waals surface area contributed by atoms with Gasteiger partial charge in [-0.1, -0.05) is 22.9 Å². The van der Waals surface area contributed by atoms with Crippen molar-refractivity contribution in [2.24, 2.45) is 0 Å². The van der Waals surface area contributed by atoms with Gasteiger partial charge in [0.05, 0.1) is 10.3 Å². The molecule has 2 heterocycles. The van der Waals surface area contributed by atoms with Crippen molar-refractivity contribution in [3.05, 3.63) is 52.6 Å². The highest BCUT2D eigenvalue weighted by atomic mass is 35.5. The van der Waals surface area contributed by atoms with Crippen LogP contribution in [0.2, 0.25) is 5.15 Å². The van der Waals surface area contributed by atoms with Gasteiger partial charge in [-0.3, -0.25) is 10.1 Å². The van der Waals surface area contributed by atoms with E-state index < -0.39 is 41.5 Å². The van der Waals surface area contributed by atoms with Crippen LogP contribution in [0.15, 0.2) is 24.4 Å². The molecule has 11 heteroatoms. The number of rotatable bonds is 4. The van der Waals surface area contributed by atoms with Gasteiger partial charge in [-0.15, -0.1) is 0 Å². The van der Waals surface area contributed by atoms with E-state index in [-0.39, 0.29) is 20.5 Å². The molecule has 0 spiro atoms. The lowest BCUT2D eigenvalue weighted by atomic mass is 10.3. The van der Waals surface area contributed by atoms with Crippen molar-refractivity contribution in [3.8, 4) is 0 Å². The average molecular weight is 402 g/mol. The number of halogens is 4. The number of carbonyl (C=O) groups excluding carboxylic acids is 2. The number of esters is 1. The smallest absolute Gasteiger partial charge is 0.340 e. The lowest BCUT2D eigenvalue weighted by molar-refractivity contribution is -0.119. The molecule has 0 saturated heterocycles. The molecule has 134 valence electrons. The SMILES string of the molecule is O=C(COC(=O)c1ccc(Cl)nc1)Nc1nc2c(F)c(F)c(F)cc2s1. The molecular weight excluding hydrogens is 395 g/mol.